The molecule has 1 N–H and O–H groups in total. The lowest BCUT2D eigenvalue weighted by Gasteiger charge is -2.20. The minimum Gasteiger partial charge on any atom is -0.313 e. The molecule has 3 heteroatoms. The summed E-state index contributed by atoms with van der Waals surface area (Å²) in [6, 6.07) is 11.5. The van der Waals surface area contributed by atoms with Crippen LogP contribution in [0.1, 0.15) is 28.3 Å². The molecule has 0 aliphatic rings. The maximum absolute atomic E-state index is 14.1. The van der Waals surface area contributed by atoms with Gasteiger partial charge in [0, 0.05) is 16.1 Å². The molecule has 0 amide bonds. The van der Waals surface area contributed by atoms with Gasteiger partial charge in [-0.1, -0.05) is 40.2 Å². The molecule has 0 heterocycles. The Morgan fingerprint density at radius 2 is 1.80 bits per heavy atom. The minimum atomic E-state index is -0.176. The molecule has 1 nitrogen and oxygen atoms in total. The summed E-state index contributed by atoms with van der Waals surface area (Å²) in [6.07, 6.45) is 0.785. The Bertz CT molecular complexity index is 590. The highest BCUT2D eigenvalue weighted by Gasteiger charge is 2.16. The van der Waals surface area contributed by atoms with Crippen molar-refractivity contribution >= 4 is 15.9 Å². The zero-order chi connectivity index (χ0) is 14.7. The molecule has 0 bridgehead atoms. The van der Waals surface area contributed by atoms with Gasteiger partial charge in [0.2, 0.25) is 0 Å². The molecule has 2 aromatic rings. The van der Waals surface area contributed by atoms with Gasteiger partial charge in [-0.05, 0) is 56.1 Å². The molecule has 0 spiro atoms. The van der Waals surface area contributed by atoms with Crippen molar-refractivity contribution in [2.45, 2.75) is 26.3 Å². The molecule has 0 fully saturated rings. The first kappa shape index (κ1) is 15.2. The lowest BCUT2D eigenvalue weighted by Crippen LogP contribution is -2.21. The summed E-state index contributed by atoms with van der Waals surface area (Å²) in [5.74, 6) is -0.176. The van der Waals surface area contributed by atoms with E-state index in [9.17, 15) is 4.39 Å². The average Bonchev–Trinajstić information content (AvgIpc) is 2.40. The molecule has 0 aliphatic carbocycles. The number of halogens is 2. The molecular weight excluding hydrogens is 317 g/mol. The number of benzene rings is 2. The first-order valence-electron chi connectivity index (χ1n) is 6.70. The summed E-state index contributed by atoms with van der Waals surface area (Å²) in [5.41, 5.74) is 4.50. The predicted molar refractivity (Wildman–Crippen MR) is 85.5 cm³/mol. The van der Waals surface area contributed by atoms with E-state index in [-0.39, 0.29) is 11.9 Å². The van der Waals surface area contributed by atoms with Crippen molar-refractivity contribution < 1.29 is 4.39 Å². The van der Waals surface area contributed by atoms with Crippen molar-refractivity contribution in [1.29, 1.82) is 0 Å². The summed E-state index contributed by atoms with van der Waals surface area (Å²) in [4.78, 5) is 0. The smallest absolute Gasteiger partial charge is 0.129 e. The van der Waals surface area contributed by atoms with Crippen molar-refractivity contribution in [2.75, 3.05) is 7.05 Å². The Balaban J connectivity index is 2.34. The second-order valence-electron chi connectivity index (χ2n) is 5.08. The van der Waals surface area contributed by atoms with E-state index in [0.29, 0.717) is 5.56 Å². The molecule has 106 valence electrons. The first-order chi connectivity index (χ1) is 9.52. The minimum absolute atomic E-state index is 0.0251. The van der Waals surface area contributed by atoms with Gasteiger partial charge in [-0.3, -0.25) is 0 Å². The molecule has 20 heavy (non-hydrogen) atoms. The molecule has 0 saturated heterocycles. The summed E-state index contributed by atoms with van der Waals surface area (Å²) >= 11 is 3.30. The zero-order valence-corrected chi connectivity index (χ0v) is 13.6. The summed E-state index contributed by atoms with van der Waals surface area (Å²) in [6.45, 7) is 4.21. The van der Waals surface area contributed by atoms with Crippen LogP contribution >= 0.6 is 15.9 Å². The molecule has 2 aromatic carbocycles. The molecule has 2 rings (SSSR count). The maximum Gasteiger partial charge on any atom is 0.129 e. The van der Waals surface area contributed by atoms with Gasteiger partial charge in [0.25, 0.3) is 0 Å². The summed E-state index contributed by atoms with van der Waals surface area (Å²) < 4.78 is 14.9. The number of hydrogen-bond donors (Lipinski definition) is 1. The number of nitrogens with one attached hydrogen (secondary N) is 1. The van der Waals surface area contributed by atoms with Crippen molar-refractivity contribution in [2.24, 2.45) is 0 Å². The lowest BCUT2D eigenvalue weighted by atomic mass is 9.93. The Hall–Kier alpha value is -1.19. The van der Waals surface area contributed by atoms with Crippen LogP contribution in [-0.2, 0) is 6.42 Å². The fourth-order valence-corrected chi connectivity index (χ4v) is 2.86. The second kappa shape index (κ2) is 6.51. The molecule has 0 radical (unpaired) electrons. The highest BCUT2D eigenvalue weighted by atomic mass is 79.9. The highest BCUT2D eigenvalue weighted by Crippen LogP contribution is 2.26. The molecule has 1 unspecified atom stereocenters. The van der Waals surface area contributed by atoms with Gasteiger partial charge in [0.1, 0.15) is 5.82 Å². The standard InChI is InChI=1S/C17H19BrFN/c1-11-5-4-6-12(2)15(11)10-17(20-3)14-8-7-13(18)9-16(14)19/h4-9,17,20H,10H2,1-3H3. The third-order valence-electron chi connectivity index (χ3n) is 3.74. The maximum atomic E-state index is 14.1. The Morgan fingerprint density at radius 3 is 2.35 bits per heavy atom. The van der Waals surface area contributed by atoms with E-state index in [2.05, 4.69) is 53.3 Å². The van der Waals surface area contributed by atoms with Gasteiger partial charge in [-0.25, -0.2) is 4.39 Å². The van der Waals surface area contributed by atoms with Gasteiger partial charge in [0.05, 0.1) is 0 Å². The van der Waals surface area contributed by atoms with E-state index in [0.717, 1.165) is 10.9 Å². The van der Waals surface area contributed by atoms with E-state index in [4.69, 9.17) is 0 Å². The average molecular weight is 336 g/mol. The molecule has 0 aliphatic heterocycles. The van der Waals surface area contributed by atoms with Crippen molar-refractivity contribution in [3.8, 4) is 0 Å². The summed E-state index contributed by atoms with van der Waals surface area (Å²) in [7, 11) is 1.87. The number of likely N-dealkylation sites (N-methyl/N-ethyl adjacent to an activating group) is 1. The molecule has 0 saturated carbocycles. The zero-order valence-electron chi connectivity index (χ0n) is 12.0. The normalized spacial score (nSPS) is 12.4. The third kappa shape index (κ3) is 3.28. The van der Waals surface area contributed by atoms with E-state index in [1.54, 1.807) is 0 Å². The van der Waals surface area contributed by atoms with Crippen molar-refractivity contribution in [3.05, 3.63) is 68.9 Å². The van der Waals surface area contributed by atoms with Crippen molar-refractivity contribution in [3.63, 3.8) is 0 Å². The Morgan fingerprint density at radius 1 is 1.15 bits per heavy atom. The number of aryl methyl sites for hydroxylation is 2. The topological polar surface area (TPSA) is 12.0 Å². The molecular formula is C17H19BrFN. The van der Waals surface area contributed by atoms with Crippen LogP contribution in [0.2, 0.25) is 0 Å². The van der Waals surface area contributed by atoms with Crippen LogP contribution in [-0.4, -0.2) is 7.05 Å². The number of rotatable bonds is 4. The van der Waals surface area contributed by atoms with E-state index >= 15 is 0 Å². The van der Waals surface area contributed by atoms with Gasteiger partial charge in [-0.2, -0.15) is 0 Å². The van der Waals surface area contributed by atoms with Gasteiger partial charge >= 0.3 is 0 Å². The summed E-state index contributed by atoms with van der Waals surface area (Å²) in [5, 5.41) is 3.23. The van der Waals surface area contributed by atoms with Gasteiger partial charge < -0.3 is 5.32 Å². The predicted octanol–water partition coefficient (Wildman–Crippen LogP) is 4.71. The lowest BCUT2D eigenvalue weighted by molar-refractivity contribution is 0.532. The van der Waals surface area contributed by atoms with Crippen LogP contribution in [0, 0.1) is 19.7 Å². The highest BCUT2D eigenvalue weighted by molar-refractivity contribution is 9.10. The monoisotopic (exact) mass is 335 g/mol. The van der Waals surface area contributed by atoms with Crippen LogP contribution in [0.15, 0.2) is 40.9 Å². The van der Waals surface area contributed by atoms with Crippen LogP contribution in [0.3, 0.4) is 0 Å². The Labute approximate surface area is 128 Å². The van der Waals surface area contributed by atoms with E-state index < -0.39 is 0 Å². The molecule has 1 atom stereocenters. The van der Waals surface area contributed by atoms with Crippen LogP contribution in [0.4, 0.5) is 4.39 Å². The third-order valence-corrected chi connectivity index (χ3v) is 4.23. The van der Waals surface area contributed by atoms with E-state index in [1.165, 1.54) is 22.8 Å². The fourth-order valence-electron chi connectivity index (χ4n) is 2.53. The molecule has 0 aromatic heterocycles. The largest absolute Gasteiger partial charge is 0.313 e. The SMILES string of the molecule is CNC(Cc1c(C)cccc1C)c1ccc(Br)cc1F. The van der Waals surface area contributed by atoms with Gasteiger partial charge in [0.15, 0.2) is 0 Å². The van der Waals surface area contributed by atoms with Gasteiger partial charge in [-0.15, -0.1) is 0 Å². The fraction of sp³-hybridized carbons (Fsp3) is 0.294. The van der Waals surface area contributed by atoms with Crippen LogP contribution < -0.4 is 5.32 Å². The quantitative estimate of drug-likeness (QED) is 0.853. The van der Waals surface area contributed by atoms with Crippen LogP contribution in [0.5, 0.6) is 0 Å². The van der Waals surface area contributed by atoms with Crippen molar-refractivity contribution in [1.82, 2.24) is 5.32 Å². The van der Waals surface area contributed by atoms with E-state index in [1.807, 2.05) is 19.2 Å². The number of hydrogen-bond acceptors (Lipinski definition) is 1. The van der Waals surface area contributed by atoms with Crippen LogP contribution in [0.25, 0.3) is 0 Å². The Kier molecular flexibility index (Phi) is 4.95. The second-order valence-corrected chi connectivity index (χ2v) is 6.00. The first-order valence-corrected chi connectivity index (χ1v) is 7.49.